The Bertz CT molecular complexity index is 756. The lowest BCUT2D eigenvalue weighted by atomic mass is 10.1. The van der Waals surface area contributed by atoms with Crippen LogP contribution in [0.5, 0.6) is 11.5 Å². The molecule has 0 fully saturated rings. The van der Waals surface area contributed by atoms with E-state index in [0.717, 1.165) is 16.2 Å². The van der Waals surface area contributed by atoms with Gasteiger partial charge in [-0.2, -0.15) is 0 Å². The number of allylic oxidation sites excluding steroid dienone is 1. The minimum Gasteiger partial charge on any atom is -0.496 e. The summed E-state index contributed by atoms with van der Waals surface area (Å²) in [5.74, 6) is 1.72. The van der Waals surface area contributed by atoms with Crippen molar-refractivity contribution in [3.8, 4) is 11.5 Å². The van der Waals surface area contributed by atoms with Gasteiger partial charge >= 0.3 is 0 Å². The zero-order valence-electron chi connectivity index (χ0n) is 11.8. The molecule has 0 saturated heterocycles. The van der Waals surface area contributed by atoms with Crippen LogP contribution in [0.1, 0.15) is 15.9 Å². The largest absolute Gasteiger partial charge is 0.496 e. The predicted molar refractivity (Wildman–Crippen MR) is 89.2 cm³/mol. The van der Waals surface area contributed by atoms with Crippen molar-refractivity contribution < 1.29 is 14.3 Å². The van der Waals surface area contributed by atoms with Crippen molar-refractivity contribution in [3.05, 3.63) is 58.6 Å². The van der Waals surface area contributed by atoms with Crippen LogP contribution in [-0.2, 0) is 0 Å². The summed E-state index contributed by atoms with van der Waals surface area (Å²) in [6.45, 7) is 0. The molecule has 0 amide bonds. The molecule has 0 unspecified atom stereocenters. The molecule has 5 heteroatoms. The van der Waals surface area contributed by atoms with Crippen LogP contribution in [0.15, 0.2) is 47.4 Å². The van der Waals surface area contributed by atoms with E-state index in [-0.39, 0.29) is 5.78 Å². The molecule has 0 N–H and O–H groups in total. The first-order valence-corrected chi connectivity index (χ1v) is 7.99. The summed E-state index contributed by atoms with van der Waals surface area (Å²) in [5.41, 5.74) is 1.40. The molecule has 0 aromatic heterocycles. The lowest BCUT2D eigenvalue weighted by molar-refractivity contribution is 0.104. The van der Waals surface area contributed by atoms with Crippen molar-refractivity contribution in [2.75, 3.05) is 13.0 Å². The first kappa shape index (κ1) is 15.0. The van der Waals surface area contributed by atoms with Crippen molar-refractivity contribution in [2.24, 2.45) is 0 Å². The number of halogens is 1. The standard InChI is InChI=1S/C17H13ClO3S/c1-20-15-9-16-17(22-10-21-16)8-13(15)14(19)6-5-11-3-2-4-12(18)7-11/h2-9H,10H2,1H3. The number of ketones is 1. The summed E-state index contributed by atoms with van der Waals surface area (Å²) in [5, 5.41) is 0.637. The number of rotatable bonds is 4. The second kappa shape index (κ2) is 6.46. The average Bonchev–Trinajstić information content (AvgIpc) is 2.98. The van der Waals surface area contributed by atoms with E-state index in [1.54, 1.807) is 43.1 Å². The summed E-state index contributed by atoms with van der Waals surface area (Å²) in [7, 11) is 1.54. The molecular weight excluding hydrogens is 320 g/mol. The topological polar surface area (TPSA) is 35.5 Å². The number of hydrogen-bond acceptors (Lipinski definition) is 4. The molecule has 1 aliphatic rings. The van der Waals surface area contributed by atoms with Crippen LogP contribution in [0.25, 0.3) is 6.08 Å². The molecule has 3 nitrogen and oxygen atoms in total. The second-order valence-electron chi connectivity index (χ2n) is 4.66. The Labute approximate surface area is 137 Å². The van der Waals surface area contributed by atoms with Crippen molar-refractivity contribution in [1.82, 2.24) is 0 Å². The van der Waals surface area contributed by atoms with E-state index < -0.39 is 0 Å². The average molecular weight is 333 g/mol. The number of carbonyl (C=O) groups is 1. The quantitative estimate of drug-likeness (QED) is 0.601. The van der Waals surface area contributed by atoms with E-state index in [1.807, 2.05) is 18.2 Å². The molecule has 0 radical (unpaired) electrons. The number of carbonyl (C=O) groups excluding carboxylic acids is 1. The number of methoxy groups -OCH3 is 1. The fraction of sp³-hybridized carbons (Fsp3) is 0.118. The first-order chi connectivity index (χ1) is 10.7. The molecular formula is C17H13ClO3S. The van der Waals surface area contributed by atoms with Crippen LogP contribution in [0.3, 0.4) is 0 Å². The van der Waals surface area contributed by atoms with Gasteiger partial charge in [-0.3, -0.25) is 4.79 Å². The van der Waals surface area contributed by atoms with Crippen molar-refractivity contribution in [3.63, 3.8) is 0 Å². The van der Waals surface area contributed by atoms with Gasteiger partial charge in [-0.25, -0.2) is 0 Å². The molecule has 1 heterocycles. The molecule has 0 saturated carbocycles. The Morgan fingerprint density at radius 1 is 1.36 bits per heavy atom. The minimum atomic E-state index is -0.118. The third-order valence-corrected chi connectivity index (χ3v) is 4.34. The van der Waals surface area contributed by atoms with Gasteiger partial charge < -0.3 is 9.47 Å². The fourth-order valence-electron chi connectivity index (χ4n) is 2.16. The third-order valence-electron chi connectivity index (χ3n) is 3.24. The molecule has 0 bridgehead atoms. The smallest absolute Gasteiger partial charge is 0.189 e. The summed E-state index contributed by atoms with van der Waals surface area (Å²) in [6, 6.07) is 10.9. The lowest BCUT2D eigenvalue weighted by Gasteiger charge is -2.08. The number of fused-ring (bicyclic) bond motifs is 1. The molecule has 2 aromatic carbocycles. The Morgan fingerprint density at radius 3 is 3.00 bits per heavy atom. The van der Waals surface area contributed by atoms with E-state index in [2.05, 4.69) is 0 Å². The van der Waals surface area contributed by atoms with Gasteiger partial charge in [0, 0.05) is 11.1 Å². The van der Waals surface area contributed by atoms with Crippen LogP contribution < -0.4 is 9.47 Å². The van der Waals surface area contributed by atoms with Crippen LogP contribution in [0.4, 0.5) is 0 Å². The van der Waals surface area contributed by atoms with Crippen LogP contribution in [0.2, 0.25) is 5.02 Å². The van der Waals surface area contributed by atoms with Crippen LogP contribution in [-0.4, -0.2) is 18.8 Å². The highest BCUT2D eigenvalue weighted by atomic mass is 35.5. The second-order valence-corrected chi connectivity index (χ2v) is 6.06. The number of ether oxygens (including phenoxy) is 2. The molecule has 0 spiro atoms. The highest BCUT2D eigenvalue weighted by Crippen LogP contribution is 2.40. The summed E-state index contributed by atoms with van der Waals surface area (Å²) in [6.07, 6.45) is 3.26. The number of thioether (sulfide) groups is 1. The molecule has 2 aromatic rings. The summed E-state index contributed by atoms with van der Waals surface area (Å²) >= 11 is 7.50. The van der Waals surface area contributed by atoms with Gasteiger partial charge in [0.15, 0.2) is 5.78 Å². The number of hydrogen-bond donors (Lipinski definition) is 0. The molecule has 0 aliphatic carbocycles. The van der Waals surface area contributed by atoms with Crippen molar-refractivity contribution in [2.45, 2.75) is 4.90 Å². The van der Waals surface area contributed by atoms with E-state index in [9.17, 15) is 4.79 Å². The Morgan fingerprint density at radius 2 is 2.23 bits per heavy atom. The SMILES string of the molecule is COc1cc2c(cc1C(=O)C=Cc1cccc(Cl)c1)SCO2. The first-order valence-electron chi connectivity index (χ1n) is 6.63. The lowest BCUT2D eigenvalue weighted by Crippen LogP contribution is -1.99. The van der Waals surface area contributed by atoms with E-state index in [4.69, 9.17) is 21.1 Å². The highest BCUT2D eigenvalue weighted by molar-refractivity contribution is 7.99. The maximum absolute atomic E-state index is 12.4. The maximum Gasteiger partial charge on any atom is 0.189 e. The number of benzene rings is 2. The van der Waals surface area contributed by atoms with Gasteiger partial charge in [0.25, 0.3) is 0 Å². The van der Waals surface area contributed by atoms with Crippen LogP contribution >= 0.6 is 23.4 Å². The molecule has 0 atom stereocenters. The van der Waals surface area contributed by atoms with Gasteiger partial charge in [0.2, 0.25) is 0 Å². The zero-order chi connectivity index (χ0) is 15.5. The van der Waals surface area contributed by atoms with E-state index in [1.165, 1.54) is 6.08 Å². The third kappa shape index (κ3) is 3.13. The van der Waals surface area contributed by atoms with Gasteiger partial charge in [0.05, 0.1) is 17.6 Å². The van der Waals surface area contributed by atoms with Crippen molar-refractivity contribution in [1.29, 1.82) is 0 Å². The maximum atomic E-state index is 12.4. The zero-order valence-corrected chi connectivity index (χ0v) is 13.4. The van der Waals surface area contributed by atoms with E-state index in [0.29, 0.717) is 22.3 Å². The monoisotopic (exact) mass is 332 g/mol. The van der Waals surface area contributed by atoms with Crippen LogP contribution in [0, 0.1) is 0 Å². The van der Waals surface area contributed by atoms with Gasteiger partial charge in [0.1, 0.15) is 17.4 Å². The normalized spacial score (nSPS) is 13.0. The predicted octanol–water partition coefficient (Wildman–Crippen LogP) is 4.69. The summed E-state index contributed by atoms with van der Waals surface area (Å²) < 4.78 is 10.8. The minimum absolute atomic E-state index is 0.118. The molecule has 3 rings (SSSR count). The highest BCUT2D eigenvalue weighted by Gasteiger charge is 2.19. The van der Waals surface area contributed by atoms with E-state index >= 15 is 0 Å². The Balaban J connectivity index is 1.89. The molecule has 112 valence electrons. The van der Waals surface area contributed by atoms with Crippen molar-refractivity contribution >= 4 is 35.2 Å². The van der Waals surface area contributed by atoms with Gasteiger partial charge in [-0.05, 0) is 29.8 Å². The summed E-state index contributed by atoms with van der Waals surface area (Å²) in [4.78, 5) is 13.4. The molecule has 22 heavy (non-hydrogen) atoms. The molecule has 1 aliphatic heterocycles. The fourth-order valence-corrected chi connectivity index (χ4v) is 3.13. The van der Waals surface area contributed by atoms with Gasteiger partial charge in [-0.1, -0.05) is 41.6 Å². The Hall–Kier alpha value is -1.91. The van der Waals surface area contributed by atoms with Gasteiger partial charge in [-0.15, -0.1) is 0 Å². The Kier molecular flexibility index (Phi) is 4.41.